The fourth-order valence-corrected chi connectivity index (χ4v) is 3.08. The number of hydrogen-bond donors (Lipinski definition) is 1. The van der Waals surface area contributed by atoms with E-state index >= 15 is 0 Å². The van der Waals surface area contributed by atoms with E-state index in [1.807, 2.05) is 6.92 Å². The Morgan fingerprint density at radius 2 is 2.00 bits per heavy atom. The molecule has 0 aromatic carbocycles. The standard InChI is InChI=1S/C18H34N4O4/c1-3-19-17(20-8-6-13-24-15-16-7-5-14-26-16)21-9-11-22(12-10-21)18(23)25-4-2/h16H,3-15H2,1-2H3,(H,19,20). The largest absolute Gasteiger partial charge is 0.450 e. The Kier molecular flexibility index (Phi) is 9.55. The van der Waals surface area contributed by atoms with Gasteiger partial charge in [-0.25, -0.2) is 4.79 Å². The minimum Gasteiger partial charge on any atom is -0.450 e. The van der Waals surface area contributed by atoms with Gasteiger partial charge >= 0.3 is 6.09 Å². The number of amides is 1. The van der Waals surface area contributed by atoms with Crippen LogP contribution in [0.15, 0.2) is 4.99 Å². The van der Waals surface area contributed by atoms with Crippen molar-refractivity contribution in [3.05, 3.63) is 0 Å². The lowest BCUT2D eigenvalue weighted by Gasteiger charge is -2.35. The van der Waals surface area contributed by atoms with Crippen molar-refractivity contribution in [3.8, 4) is 0 Å². The van der Waals surface area contributed by atoms with Gasteiger partial charge in [0, 0.05) is 52.5 Å². The van der Waals surface area contributed by atoms with Crippen molar-refractivity contribution >= 4 is 12.1 Å². The maximum Gasteiger partial charge on any atom is 0.409 e. The number of piperazine rings is 1. The quantitative estimate of drug-likeness (QED) is 0.394. The summed E-state index contributed by atoms with van der Waals surface area (Å²) in [6, 6.07) is 0. The van der Waals surface area contributed by atoms with Gasteiger partial charge in [0.2, 0.25) is 0 Å². The summed E-state index contributed by atoms with van der Waals surface area (Å²) in [6.07, 6.45) is 3.21. The first-order valence-electron chi connectivity index (χ1n) is 9.88. The molecule has 2 rings (SSSR count). The predicted octanol–water partition coefficient (Wildman–Crippen LogP) is 1.31. The third-order valence-electron chi connectivity index (χ3n) is 4.48. The first-order valence-corrected chi connectivity index (χ1v) is 9.88. The van der Waals surface area contributed by atoms with Gasteiger partial charge in [0.15, 0.2) is 5.96 Å². The topological polar surface area (TPSA) is 75.6 Å². The van der Waals surface area contributed by atoms with Gasteiger partial charge in [-0.15, -0.1) is 0 Å². The van der Waals surface area contributed by atoms with Crippen LogP contribution in [0.5, 0.6) is 0 Å². The Morgan fingerprint density at radius 1 is 1.23 bits per heavy atom. The molecule has 1 amide bonds. The minimum atomic E-state index is -0.225. The molecule has 2 saturated heterocycles. The van der Waals surface area contributed by atoms with Crippen LogP contribution in [0.1, 0.15) is 33.1 Å². The van der Waals surface area contributed by atoms with Crippen molar-refractivity contribution in [3.63, 3.8) is 0 Å². The Morgan fingerprint density at radius 3 is 2.65 bits per heavy atom. The van der Waals surface area contributed by atoms with Gasteiger partial charge in [-0.3, -0.25) is 4.99 Å². The fraction of sp³-hybridized carbons (Fsp3) is 0.889. The van der Waals surface area contributed by atoms with Crippen molar-refractivity contribution in [1.82, 2.24) is 15.1 Å². The number of nitrogens with zero attached hydrogens (tertiary/aromatic N) is 3. The highest BCUT2D eigenvalue weighted by molar-refractivity contribution is 5.80. The number of carbonyl (C=O) groups excluding carboxylic acids is 1. The van der Waals surface area contributed by atoms with Gasteiger partial charge in [-0.05, 0) is 33.1 Å². The first-order chi connectivity index (χ1) is 12.7. The highest BCUT2D eigenvalue weighted by atomic mass is 16.6. The van der Waals surface area contributed by atoms with Crippen LogP contribution in [0.4, 0.5) is 4.79 Å². The third-order valence-corrected chi connectivity index (χ3v) is 4.48. The van der Waals surface area contributed by atoms with Gasteiger partial charge in [-0.1, -0.05) is 0 Å². The monoisotopic (exact) mass is 370 g/mol. The van der Waals surface area contributed by atoms with Crippen molar-refractivity contribution in [2.75, 3.05) is 65.7 Å². The van der Waals surface area contributed by atoms with E-state index in [0.717, 1.165) is 58.0 Å². The van der Waals surface area contributed by atoms with E-state index in [0.29, 0.717) is 32.9 Å². The Hall–Kier alpha value is -1.54. The van der Waals surface area contributed by atoms with E-state index in [1.165, 1.54) is 0 Å². The van der Waals surface area contributed by atoms with E-state index in [1.54, 1.807) is 4.90 Å². The van der Waals surface area contributed by atoms with Crippen LogP contribution in [0, 0.1) is 0 Å². The molecule has 0 aromatic heterocycles. The summed E-state index contributed by atoms with van der Waals surface area (Å²) < 4.78 is 16.3. The third kappa shape index (κ3) is 6.99. The molecule has 8 nitrogen and oxygen atoms in total. The molecule has 0 radical (unpaired) electrons. The number of guanidine groups is 1. The second kappa shape index (κ2) is 12.0. The number of carbonyl (C=O) groups is 1. The van der Waals surface area contributed by atoms with Gasteiger partial charge < -0.3 is 29.3 Å². The molecule has 150 valence electrons. The number of rotatable bonds is 8. The van der Waals surface area contributed by atoms with E-state index < -0.39 is 0 Å². The smallest absolute Gasteiger partial charge is 0.409 e. The van der Waals surface area contributed by atoms with Crippen LogP contribution < -0.4 is 5.32 Å². The molecule has 26 heavy (non-hydrogen) atoms. The summed E-state index contributed by atoms with van der Waals surface area (Å²) in [5, 5.41) is 3.34. The molecule has 1 unspecified atom stereocenters. The molecule has 8 heteroatoms. The summed E-state index contributed by atoms with van der Waals surface area (Å²) >= 11 is 0. The van der Waals surface area contributed by atoms with E-state index in [4.69, 9.17) is 19.2 Å². The lowest BCUT2D eigenvalue weighted by atomic mass is 10.2. The molecule has 0 spiro atoms. The summed E-state index contributed by atoms with van der Waals surface area (Å²) in [5.74, 6) is 0.912. The number of ether oxygens (including phenoxy) is 3. The van der Waals surface area contributed by atoms with Crippen LogP contribution in [-0.4, -0.2) is 93.7 Å². The van der Waals surface area contributed by atoms with Crippen molar-refractivity contribution in [2.24, 2.45) is 4.99 Å². The molecule has 0 aromatic rings. The maximum absolute atomic E-state index is 11.8. The van der Waals surface area contributed by atoms with Gasteiger partial charge in [-0.2, -0.15) is 0 Å². The predicted molar refractivity (Wildman–Crippen MR) is 101 cm³/mol. The highest BCUT2D eigenvalue weighted by Crippen LogP contribution is 2.12. The Balaban J connectivity index is 1.66. The second-order valence-corrected chi connectivity index (χ2v) is 6.47. The zero-order valence-corrected chi connectivity index (χ0v) is 16.2. The van der Waals surface area contributed by atoms with Gasteiger partial charge in [0.25, 0.3) is 0 Å². The van der Waals surface area contributed by atoms with Gasteiger partial charge in [0.1, 0.15) is 0 Å². The first kappa shape index (κ1) is 20.8. The zero-order chi connectivity index (χ0) is 18.6. The zero-order valence-electron chi connectivity index (χ0n) is 16.2. The summed E-state index contributed by atoms with van der Waals surface area (Å²) in [4.78, 5) is 20.4. The summed E-state index contributed by atoms with van der Waals surface area (Å²) in [7, 11) is 0. The summed E-state index contributed by atoms with van der Waals surface area (Å²) in [5.41, 5.74) is 0. The Labute approximate surface area is 156 Å². The lowest BCUT2D eigenvalue weighted by molar-refractivity contribution is 0.0170. The van der Waals surface area contributed by atoms with Gasteiger partial charge in [0.05, 0.1) is 19.3 Å². The molecule has 2 aliphatic heterocycles. The molecule has 0 saturated carbocycles. The molecular weight excluding hydrogens is 336 g/mol. The fourth-order valence-electron chi connectivity index (χ4n) is 3.08. The molecule has 2 fully saturated rings. The van der Waals surface area contributed by atoms with Crippen molar-refractivity contribution in [1.29, 1.82) is 0 Å². The molecule has 0 bridgehead atoms. The maximum atomic E-state index is 11.8. The average molecular weight is 370 g/mol. The molecule has 2 aliphatic rings. The number of aliphatic imine (C=N–C) groups is 1. The molecule has 0 aliphatic carbocycles. The van der Waals surface area contributed by atoms with Crippen LogP contribution in [-0.2, 0) is 14.2 Å². The summed E-state index contributed by atoms with van der Waals surface area (Å²) in [6.45, 7) is 11.0. The van der Waals surface area contributed by atoms with Crippen LogP contribution in [0.3, 0.4) is 0 Å². The van der Waals surface area contributed by atoms with Crippen molar-refractivity contribution in [2.45, 2.75) is 39.2 Å². The SMILES string of the molecule is CCNC(=NCCCOCC1CCCO1)N1CCN(C(=O)OCC)CC1. The van der Waals surface area contributed by atoms with E-state index in [-0.39, 0.29) is 12.2 Å². The Bertz CT molecular complexity index is 433. The lowest BCUT2D eigenvalue weighted by Crippen LogP contribution is -2.53. The van der Waals surface area contributed by atoms with Crippen LogP contribution in [0.2, 0.25) is 0 Å². The highest BCUT2D eigenvalue weighted by Gasteiger charge is 2.23. The second-order valence-electron chi connectivity index (χ2n) is 6.47. The molecular formula is C18H34N4O4. The van der Waals surface area contributed by atoms with Crippen LogP contribution >= 0.6 is 0 Å². The molecule has 1 atom stereocenters. The molecule has 2 heterocycles. The van der Waals surface area contributed by atoms with E-state index in [9.17, 15) is 4.79 Å². The molecule has 1 N–H and O–H groups in total. The normalized spacial score (nSPS) is 21.2. The van der Waals surface area contributed by atoms with Crippen molar-refractivity contribution < 1.29 is 19.0 Å². The number of nitrogens with one attached hydrogen (secondary N) is 1. The van der Waals surface area contributed by atoms with Crippen LogP contribution in [0.25, 0.3) is 0 Å². The average Bonchev–Trinajstić information content (AvgIpc) is 3.17. The minimum absolute atomic E-state index is 0.225. The number of hydrogen-bond acceptors (Lipinski definition) is 5. The van der Waals surface area contributed by atoms with E-state index in [2.05, 4.69) is 17.1 Å².